The van der Waals surface area contributed by atoms with E-state index in [0.717, 1.165) is 27.6 Å². The molecule has 0 saturated heterocycles. The number of carbonyl (C=O) groups excluding carboxylic acids is 1. The summed E-state index contributed by atoms with van der Waals surface area (Å²) in [5.74, 6) is 2.14. The maximum Gasteiger partial charge on any atom is 0.291 e. The van der Waals surface area contributed by atoms with Crippen LogP contribution in [0.4, 0.5) is 5.69 Å². The third-order valence-electron chi connectivity index (χ3n) is 4.07. The van der Waals surface area contributed by atoms with E-state index in [1.165, 1.54) is 0 Å². The van der Waals surface area contributed by atoms with Crippen molar-refractivity contribution >= 4 is 23.4 Å². The normalized spacial score (nSPS) is 10.5. The standard InChI is InChI=1S/C21H21NO4S/c1-24-16-7-9-19(25-2)14(11-16)12-17-8-10-20(26-17)21(23)22-15-5-4-6-18(13-15)27-3/h4-11,13H,12H2,1-3H3,(H,22,23). The van der Waals surface area contributed by atoms with Crippen molar-refractivity contribution in [1.82, 2.24) is 0 Å². The molecule has 27 heavy (non-hydrogen) atoms. The molecule has 140 valence electrons. The lowest BCUT2D eigenvalue weighted by Gasteiger charge is -2.09. The Kier molecular flexibility index (Phi) is 6.08. The number of hydrogen-bond acceptors (Lipinski definition) is 5. The van der Waals surface area contributed by atoms with Crippen LogP contribution in [0.1, 0.15) is 21.9 Å². The molecule has 0 aliphatic rings. The fourth-order valence-electron chi connectivity index (χ4n) is 2.70. The van der Waals surface area contributed by atoms with Crippen LogP contribution < -0.4 is 14.8 Å². The van der Waals surface area contributed by atoms with E-state index in [1.807, 2.05) is 48.7 Å². The van der Waals surface area contributed by atoms with E-state index in [-0.39, 0.29) is 11.7 Å². The van der Waals surface area contributed by atoms with Crippen molar-refractivity contribution in [2.75, 3.05) is 25.8 Å². The highest BCUT2D eigenvalue weighted by atomic mass is 32.2. The zero-order valence-corrected chi connectivity index (χ0v) is 16.3. The van der Waals surface area contributed by atoms with Gasteiger partial charge >= 0.3 is 0 Å². The van der Waals surface area contributed by atoms with Crippen molar-refractivity contribution in [2.24, 2.45) is 0 Å². The fraction of sp³-hybridized carbons (Fsp3) is 0.190. The molecule has 0 radical (unpaired) electrons. The lowest BCUT2D eigenvalue weighted by Crippen LogP contribution is -2.10. The highest BCUT2D eigenvalue weighted by molar-refractivity contribution is 7.98. The SMILES string of the molecule is COc1ccc(OC)c(Cc2ccc(C(=O)Nc3cccc(SC)c3)o2)c1. The van der Waals surface area contributed by atoms with Crippen LogP contribution in [-0.4, -0.2) is 26.4 Å². The largest absolute Gasteiger partial charge is 0.497 e. The molecule has 0 saturated carbocycles. The molecule has 0 bridgehead atoms. The molecule has 0 aliphatic heterocycles. The third kappa shape index (κ3) is 4.65. The van der Waals surface area contributed by atoms with Crippen LogP contribution in [-0.2, 0) is 6.42 Å². The number of hydrogen-bond donors (Lipinski definition) is 1. The van der Waals surface area contributed by atoms with Gasteiger partial charge in [0.2, 0.25) is 0 Å². The van der Waals surface area contributed by atoms with Crippen molar-refractivity contribution in [3.8, 4) is 11.5 Å². The zero-order chi connectivity index (χ0) is 19.2. The summed E-state index contributed by atoms with van der Waals surface area (Å²) >= 11 is 1.62. The number of thioether (sulfide) groups is 1. The van der Waals surface area contributed by atoms with E-state index in [2.05, 4.69) is 5.32 Å². The summed E-state index contributed by atoms with van der Waals surface area (Å²) in [6.45, 7) is 0. The number of carbonyl (C=O) groups is 1. The van der Waals surface area contributed by atoms with Crippen LogP contribution in [0.5, 0.6) is 11.5 Å². The first kappa shape index (κ1) is 18.9. The van der Waals surface area contributed by atoms with Gasteiger partial charge in [0.15, 0.2) is 5.76 Å². The molecular weight excluding hydrogens is 362 g/mol. The van der Waals surface area contributed by atoms with E-state index < -0.39 is 0 Å². The van der Waals surface area contributed by atoms with Gasteiger partial charge in [0.05, 0.1) is 14.2 Å². The van der Waals surface area contributed by atoms with Gasteiger partial charge < -0.3 is 19.2 Å². The topological polar surface area (TPSA) is 60.7 Å². The first-order chi connectivity index (χ1) is 13.1. The Bertz CT molecular complexity index is 935. The van der Waals surface area contributed by atoms with Crippen LogP contribution in [0, 0.1) is 0 Å². The van der Waals surface area contributed by atoms with Crippen molar-refractivity contribution in [3.63, 3.8) is 0 Å². The predicted octanol–water partition coefficient (Wildman–Crippen LogP) is 4.86. The maximum atomic E-state index is 12.4. The molecule has 5 nitrogen and oxygen atoms in total. The Morgan fingerprint density at radius 3 is 2.67 bits per heavy atom. The van der Waals surface area contributed by atoms with Crippen molar-refractivity contribution < 1.29 is 18.7 Å². The molecule has 1 heterocycles. The van der Waals surface area contributed by atoms with E-state index in [0.29, 0.717) is 12.2 Å². The first-order valence-corrected chi connectivity index (χ1v) is 9.60. The Balaban J connectivity index is 1.73. The van der Waals surface area contributed by atoms with E-state index in [9.17, 15) is 4.79 Å². The first-order valence-electron chi connectivity index (χ1n) is 8.38. The van der Waals surface area contributed by atoms with Crippen LogP contribution >= 0.6 is 11.8 Å². The highest BCUT2D eigenvalue weighted by Crippen LogP contribution is 2.27. The average molecular weight is 383 g/mol. The van der Waals surface area contributed by atoms with Crippen molar-refractivity contribution in [3.05, 3.63) is 71.7 Å². The van der Waals surface area contributed by atoms with Crippen molar-refractivity contribution in [1.29, 1.82) is 0 Å². The maximum absolute atomic E-state index is 12.4. The molecule has 3 aromatic rings. The number of amides is 1. The Morgan fingerprint density at radius 1 is 1.07 bits per heavy atom. The molecular formula is C21H21NO4S. The Hall–Kier alpha value is -2.86. The minimum Gasteiger partial charge on any atom is -0.497 e. The number of methoxy groups -OCH3 is 2. The molecule has 6 heteroatoms. The van der Waals surface area contributed by atoms with Gasteiger partial charge in [-0.15, -0.1) is 11.8 Å². The van der Waals surface area contributed by atoms with Gasteiger partial charge in [0.25, 0.3) is 5.91 Å². The third-order valence-corrected chi connectivity index (χ3v) is 4.79. The molecule has 0 spiro atoms. The van der Waals surface area contributed by atoms with Gasteiger partial charge in [-0.3, -0.25) is 4.79 Å². The number of ether oxygens (including phenoxy) is 2. The fourth-order valence-corrected chi connectivity index (χ4v) is 3.16. The zero-order valence-electron chi connectivity index (χ0n) is 15.4. The second kappa shape index (κ2) is 8.68. The summed E-state index contributed by atoms with van der Waals surface area (Å²) in [5.41, 5.74) is 1.66. The van der Waals surface area contributed by atoms with Gasteiger partial charge in [-0.05, 0) is 54.8 Å². The number of nitrogens with one attached hydrogen (secondary N) is 1. The Labute approximate surface area is 162 Å². The molecule has 3 rings (SSSR count). The molecule has 0 atom stereocenters. The van der Waals surface area contributed by atoms with Gasteiger partial charge in [-0.1, -0.05) is 6.07 Å². The monoisotopic (exact) mass is 383 g/mol. The van der Waals surface area contributed by atoms with E-state index in [1.54, 1.807) is 38.1 Å². The smallest absolute Gasteiger partial charge is 0.291 e. The lowest BCUT2D eigenvalue weighted by molar-refractivity contribution is 0.0995. The number of furan rings is 1. The summed E-state index contributed by atoms with van der Waals surface area (Å²) in [6, 6.07) is 16.7. The van der Waals surface area contributed by atoms with Gasteiger partial charge in [0, 0.05) is 22.6 Å². The van der Waals surface area contributed by atoms with Crippen LogP contribution in [0.3, 0.4) is 0 Å². The molecule has 0 aliphatic carbocycles. The lowest BCUT2D eigenvalue weighted by atomic mass is 10.1. The number of rotatable bonds is 7. The summed E-state index contributed by atoms with van der Waals surface area (Å²) in [5, 5.41) is 2.86. The van der Waals surface area contributed by atoms with Crippen LogP contribution in [0.2, 0.25) is 0 Å². The molecule has 1 N–H and O–H groups in total. The Morgan fingerprint density at radius 2 is 1.93 bits per heavy atom. The van der Waals surface area contributed by atoms with Crippen LogP contribution in [0.15, 0.2) is 63.9 Å². The summed E-state index contributed by atoms with van der Waals surface area (Å²) < 4.78 is 16.4. The molecule has 1 amide bonds. The molecule has 0 unspecified atom stereocenters. The molecule has 2 aromatic carbocycles. The molecule has 1 aromatic heterocycles. The van der Waals surface area contributed by atoms with E-state index >= 15 is 0 Å². The van der Waals surface area contributed by atoms with Gasteiger partial charge in [-0.25, -0.2) is 0 Å². The highest BCUT2D eigenvalue weighted by Gasteiger charge is 2.14. The predicted molar refractivity (Wildman–Crippen MR) is 107 cm³/mol. The number of benzene rings is 2. The summed E-state index contributed by atoms with van der Waals surface area (Å²) in [7, 11) is 3.24. The second-order valence-electron chi connectivity index (χ2n) is 5.81. The van der Waals surface area contributed by atoms with Gasteiger partial charge in [0.1, 0.15) is 17.3 Å². The number of anilines is 1. The summed E-state index contributed by atoms with van der Waals surface area (Å²) in [4.78, 5) is 13.5. The van der Waals surface area contributed by atoms with Crippen molar-refractivity contribution in [2.45, 2.75) is 11.3 Å². The molecule has 0 fully saturated rings. The van der Waals surface area contributed by atoms with Crippen LogP contribution in [0.25, 0.3) is 0 Å². The summed E-state index contributed by atoms with van der Waals surface area (Å²) in [6.07, 6.45) is 2.49. The average Bonchev–Trinajstić information content (AvgIpc) is 3.16. The second-order valence-corrected chi connectivity index (χ2v) is 6.69. The minimum atomic E-state index is -0.280. The van der Waals surface area contributed by atoms with E-state index in [4.69, 9.17) is 13.9 Å². The minimum absolute atomic E-state index is 0.265. The van der Waals surface area contributed by atoms with Gasteiger partial charge in [-0.2, -0.15) is 0 Å². The quantitative estimate of drug-likeness (QED) is 0.590.